The summed E-state index contributed by atoms with van der Waals surface area (Å²) in [5.41, 5.74) is 0.998. The molecule has 0 amide bonds. The van der Waals surface area contributed by atoms with Crippen LogP contribution in [0.5, 0.6) is 0 Å². The fourth-order valence-corrected chi connectivity index (χ4v) is 6.94. The summed E-state index contributed by atoms with van der Waals surface area (Å²) in [6, 6.07) is 6.12. The quantitative estimate of drug-likeness (QED) is 0.667. The monoisotopic (exact) mass is 415 g/mol. The predicted octanol–water partition coefficient (Wildman–Crippen LogP) is 3.73. The van der Waals surface area contributed by atoms with Gasteiger partial charge in [-0.05, 0) is 19.1 Å². The summed E-state index contributed by atoms with van der Waals surface area (Å²) in [6.07, 6.45) is 12.9. The number of sulfonamides is 1. The van der Waals surface area contributed by atoms with Gasteiger partial charge in [-0.1, -0.05) is 85.1 Å². The maximum Gasteiger partial charge on any atom is 0.240 e. The number of benzene rings is 1. The highest BCUT2D eigenvalue weighted by atomic mass is 32.2. The molecule has 28 heavy (non-hydrogen) atoms. The lowest BCUT2D eigenvalue weighted by atomic mass is 9.89. The van der Waals surface area contributed by atoms with E-state index in [-0.39, 0.29) is 16.7 Å². The third-order valence-corrected chi connectivity index (χ3v) is 9.08. The Kier molecular flexibility index (Phi) is 5.96. The second-order valence-corrected chi connectivity index (χ2v) is 15.4. The summed E-state index contributed by atoms with van der Waals surface area (Å²) >= 11 is 0. The van der Waals surface area contributed by atoms with Crippen LogP contribution >= 0.6 is 0 Å². The van der Waals surface area contributed by atoms with Crippen molar-refractivity contribution >= 4 is 18.1 Å². The third kappa shape index (κ3) is 4.46. The van der Waals surface area contributed by atoms with E-state index in [4.69, 9.17) is 0 Å². The Bertz CT molecular complexity index is 925. The SMILES string of the molecule is Cc1ccc(S(=O)(=O)N[C@@H](C2C=CC=C2)[C@H](O)C2C=CC=C2[Si](C)(C)C)cc1. The largest absolute Gasteiger partial charge is 0.390 e. The van der Waals surface area contributed by atoms with Crippen LogP contribution in [-0.2, 0) is 10.0 Å². The molecule has 1 aromatic rings. The number of rotatable bonds is 7. The van der Waals surface area contributed by atoms with E-state index >= 15 is 0 Å². The molecule has 2 aliphatic rings. The molecule has 0 saturated heterocycles. The molecular formula is C22H29NO3SSi. The lowest BCUT2D eigenvalue weighted by Crippen LogP contribution is -2.51. The summed E-state index contributed by atoms with van der Waals surface area (Å²) in [6.45, 7) is 8.65. The molecule has 1 unspecified atom stereocenters. The Morgan fingerprint density at radius 1 is 1.00 bits per heavy atom. The molecular weight excluding hydrogens is 386 g/mol. The van der Waals surface area contributed by atoms with E-state index in [0.29, 0.717) is 0 Å². The van der Waals surface area contributed by atoms with E-state index in [1.54, 1.807) is 24.3 Å². The van der Waals surface area contributed by atoms with Gasteiger partial charge in [0.25, 0.3) is 0 Å². The fourth-order valence-electron chi connectivity index (χ4n) is 3.79. The van der Waals surface area contributed by atoms with Gasteiger partial charge in [-0.3, -0.25) is 0 Å². The normalized spacial score (nSPS) is 21.9. The van der Waals surface area contributed by atoms with Gasteiger partial charge in [-0.25, -0.2) is 13.1 Å². The van der Waals surface area contributed by atoms with Crippen molar-refractivity contribution in [3.8, 4) is 0 Å². The lowest BCUT2D eigenvalue weighted by Gasteiger charge is -2.35. The zero-order valence-electron chi connectivity index (χ0n) is 16.8. The van der Waals surface area contributed by atoms with Gasteiger partial charge in [0.1, 0.15) is 0 Å². The number of aliphatic hydroxyl groups is 1. The van der Waals surface area contributed by atoms with Crippen LogP contribution < -0.4 is 4.72 Å². The van der Waals surface area contributed by atoms with Crippen LogP contribution in [0, 0.1) is 18.8 Å². The van der Waals surface area contributed by atoms with Crippen molar-refractivity contribution in [1.82, 2.24) is 4.72 Å². The highest BCUT2D eigenvalue weighted by molar-refractivity contribution is 7.89. The summed E-state index contributed by atoms with van der Waals surface area (Å²) < 4.78 is 28.8. The lowest BCUT2D eigenvalue weighted by molar-refractivity contribution is 0.102. The van der Waals surface area contributed by atoms with Crippen LogP contribution in [0.15, 0.2) is 76.9 Å². The summed E-state index contributed by atoms with van der Waals surface area (Å²) in [7, 11) is -5.39. The number of aryl methyl sites for hydroxylation is 1. The standard InChI is InChI=1S/C22H29NO3SSi/c1-16-12-14-18(15-13-16)27(25,26)23-21(17-8-5-6-9-17)22(24)19-10-7-11-20(19)28(2,3)4/h5-15,17,19,21-24H,1-4H3/t19?,21-,22+/m0/s1. The van der Waals surface area contributed by atoms with E-state index in [9.17, 15) is 13.5 Å². The number of allylic oxidation sites excluding steroid dienone is 4. The van der Waals surface area contributed by atoms with Gasteiger partial charge in [0, 0.05) is 11.8 Å². The van der Waals surface area contributed by atoms with Crippen LogP contribution in [0.3, 0.4) is 0 Å². The first-order valence-electron chi connectivity index (χ1n) is 9.60. The highest BCUT2D eigenvalue weighted by Gasteiger charge is 2.39. The number of hydrogen-bond acceptors (Lipinski definition) is 3. The van der Waals surface area contributed by atoms with Gasteiger partial charge >= 0.3 is 0 Å². The summed E-state index contributed by atoms with van der Waals surface area (Å²) in [5.74, 6) is -0.355. The third-order valence-electron chi connectivity index (χ3n) is 5.37. The Morgan fingerprint density at radius 2 is 1.61 bits per heavy atom. The van der Waals surface area contributed by atoms with Crippen molar-refractivity contribution in [2.75, 3.05) is 0 Å². The zero-order valence-corrected chi connectivity index (χ0v) is 18.6. The Balaban J connectivity index is 1.91. The van der Waals surface area contributed by atoms with Gasteiger partial charge in [-0.2, -0.15) is 0 Å². The van der Waals surface area contributed by atoms with E-state index < -0.39 is 30.2 Å². The van der Waals surface area contributed by atoms with Crippen LogP contribution in [0.25, 0.3) is 0 Å². The minimum atomic E-state index is -3.75. The molecule has 0 heterocycles. The van der Waals surface area contributed by atoms with Crippen molar-refractivity contribution in [2.45, 2.75) is 43.6 Å². The van der Waals surface area contributed by atoms with Crippen molar-refractivity contribution < 1.29 is 13.5 Å². The minimum Gasteiger partial charge on any atom is -0.390 e. The van der Waals surface area contributed by atoms with Crippen molar-refractivity contribution in [1.29, 1.82) is 0 Å². The molecule has 2 N–H and O–H groups in total. The zero-order chi connectivity index (χ0) is 20.5. The molecule has 3 atom stereocenters. The second-order valence-electron chi connectivity index (χ2n) is 8.58. The minimum absolute atomic E-state index is 0.167. The summed E-state index contributed by atoms with van der Waals surface area (Å²) in [5, 5.41) is 12.5. The highest BCUT2D eigenvalue weighted by Crippen LogP contribution is 2.34. The van der Waals surface area contributed by atoms with Crippen molar-refractivity contribution in [2.24, 2.45) is 11.8 Å². The van der Waals surface area contributed by atoms with Gasteiger partial charge in [0.15, 0.2) is 0 Å². The van der Waals surface area contributed by atoms with Crippen LogP contribution in [0.1, 0.15) is 5.56 Å². The second kappa shape index (κ2) is 7.95. The molecule has 4 nitrogen and oxygen atoms in total. The first-order valence-corrected chi connectivity index (χ1v) is 14.6. The van der Waals surface area contributed by atoms with E-state index in [2.05, 4.69) is 30.4 Å². The Labute approximate surface area is 169 Å². The summed E-state index contributed by atoms with van der Waals surface area (Å²) in [4.78, 5) is 0.212. The molecule has 3 rings (SSSR count). The van der Waals surface area contributed by atoms with E-state index in [1.165, 1.54) is 5.20 Å². The Hall–Kier alpha value is -1.73. The molecule has 0 saturated carbocycles. The molecule has 0 aromatic heterocycles. The molecule has 6 heteroatoms. The van der Waals surface area contributed by atoms with E-state index in [1.807, 2.05) is 43.4 Å². The van der Waals surface area contributed by atoms with Crippen molar-refractivity contribution in [3.05, 3.63) is 77.6 Å². The molecule has 0 radical (unpaired) electrons. The maximum atomic E-state index is 13.0. The average Bonchev–Trinajstić information content (AvgIpc) is 3.30. The molecule has 0 fully saturated rings. The van der Waals surface area contributed by atoms with Gasteiger partial charge in [0.05, 0.1) is 25.1 Å². The molecule has 150 valence electrons. The molecule has 0 aliphatic heterocycles. The van der Waals surface area contributed by atoms with Gasteiger partial charge < -0.3 is 5.11 Å². The predicted molar refractivity (Wildman–Crippen MR) is 117 cm³/mol. The topological polar surface area (TPSA) is 66.4 Å². The number of aliphatic hydroxyl groups excluding tert-OH is 1. The van der Waals surface area contributed by atoms with Crippen molar-refractivity contribution in [3.63, 3.8) is 0 Å². The molecule has 1 aromatic carbocycles. The van der Waals surface area contributed by atoms with Gasteiger partial charge in [0.2, 0.25) is 10.0 Å². The van der Waals surface area contributed by atoms with Crippen LogP contribution in [0.2, 0.25) is 19.6 Å². The average molecular weight is 416 g/mol. The molecule has 0 bridgehead atoms. The molecule has 0 spiro atoms. The Morgan fingerprint density at radius 3 is 2.18 bits per heavy atom. The van der Waals surface area contributed by atoms with E-state index in [0.717, 1.165) is 5.56 Å². The van der Waals surface area contributed by atoms with Crippen LogP contribution in [-0.4, -0.2) is 33.7 Å². The smallest absolute Gasteiger partial charge is 0.240 e. The van der Waals surface area contributed by atoms with Gasteiger partial charge in [-0.15, -0.1) is 0 Å². The fraction of sp³-hybridized carbons (Fsp3) is 0.364. The van der Waals surface area contributed by atoms with Crippen LogP contribution in [0.4, 0.5) is 0 Å². The maximum absolute atomic E-state index is 13.0. The molecule has 2 aliphatic carbocycles. The number of hydrogen-bond donors (Lipinski definition) is 2. The first-order chi connectivity index (χ1) is 13.1. The number of nitrogens with one attached hydrogen (secondary N) is 1. The first kappa shape index (κ1) is 21.0.